The van der Waals surface area contributed by atoms with Crippen molar-refractivity contribution in [2.24, 2.45) is 5.92 Å². The van der Waals surface area contributed by atoms with E-state index in [2.05, 4.69) is 55.7 Å². The van der Waals surface area contributed by atoms with Crippen molar-refractivity contribution in [1.82, 2.24) is 9.55 Å². The van der Waals surface area contributed by atoms with Gasteiger partial charge in [0.1, 0.15) is 11.9 Å². The minimum Gasteiger partial charge on any atom is -0.307 e. The zero-order valence-corrected chi connectivity index (χ0v) is 16.2. The van der Waals surface area contributed by atoms with Gasteiger partial charge >= 0.3 is 0 Å². The van der Waals surface area contributed by atoms with Crippen LogP contribution in [-0.4, -0.2) is 9.55 Å². The van der Waals surface area contributed by atoms with Gasteiger partial charge in [-0.1, -0.05) is 50.3 Å². The summed E-state index contributed by atoms with van der Waals surface area (Å²) < 4.78 is 1.92. The summed E-state index contributed by atoms with van der Waals surface area (Å²) in [6.07, 6.45) is 7.83. The summed E-state index contributed by atoms with van der Waals surface area (Å²) in [5.74, 6) is 1.46. The molecule has 3 rings (SSSR count). The van der Waals surface area contributed by atoms with E-state index < -0.39 is 0 Å². The number of benzene rings is 1. The molecule has 0 atom stereocenters. The fourth-order valence-corrected chi connectivity index (χ4v) is 3.08. The van der Waals surface area contributed by atoms with Crippen LogP contribution in [0, 0.1) is 17.2 Å². The highest BCUT2D eigenvalue weighted by Crippen LogP contribution is 2.27. The Morgan fingerprint density at radius 2 is 2.04 bits per heavy atom. The van der Waals surface area contributed by atoms with Crippen molar-refractivity contribution in [1.29, 1.82) is 5.26 Å². The van der Waals surface area contributed by atoms with Crippen molar-refractivity contribution in [2.75, 3.05) is 0 Å². The molecule has 3 nitrogen and oxygen atoms in total. The molecular formula is C24H25N3. The number of rotatable bonds is 6. The average Bonchev–Trinajstić information content (AvgIpc) is 3.11. The van der Waals surface area contributed by atoms with Crippen LogP contribution in [-0.2, 0) is 6.42 Å². The summed E-state index contributed by atoms with van der Waals surface area (Å²) >= 11 is 0. The number of aromatic nitrogens is 2. The molecule has 0 amide bonds. The number of allylic oxidation sites excluding steroid dienone is 1. The standard InChI is InChI=1S/C24H25N3/c1-17(2)8-9-19-6-5-7-21(12-19)23-16-27(15-22(23)14-25)24-13-20(18(3)4)10-11-26-24/h5-7,10-13,15-17H,3,8-9H2,1-2,4H3. The van der Waals surface area contributed by atoms with Gasteiger partial charge in [0.05, 0.1) is 5.56 Å². The van der Waals surface area contributed by atoms with Crippen LogP contribution in [0.2, 0.25) is 0 Å². The minimum atomic E-state index is 0.651. The molecule has 2 heterocycles. The number of hydrogen-bond acceptors (Lipinski definition) is 2. The van der Waals surface area contributed by atoms with E-state index in [0.717, 1.165) is 40.9 Å². The number of aryl methyl sites for hydroxylation is 1. The Labute approximate surface area is 161 Å². The molecule has 3 heteroatoms. The van der Waals surface area contributed by atoms with Gasteiger partial charge in [-0.15, -0.1) is 0 Å². The van der Waals surface area contributed by atoms with Crippen LogP contribution in [0.25, 0.3) is 22.5 Å². The maximum absolute atomic E-state index is 9.63. The van der Waals surface area contributed by atoms with Gasteiger partial charge in [-0.25, -0.2) is 4.98 Å². The van der Waals surface area contributed by atoms with E-state index in [1.807, 2.05) is 36.0 Å². The second kappa shape index (κ2) is 8.05. The van der Waals surface area contributed by atoms with Crippen molar-refractivity contribution in [3.8, 4) is 23.0 Å². The van der Waals surface area contributed by atoms with E-state index in [1.54, 1.807) is 6.20 Å². The molecular weight excluding hydrogens is 330 g/mol. The molecule has 0 unspecified atom stereocenters. The summed E-state index contributed by atoms with van der Waals surface area (Å²) in [5.41, 5.74) is 6.00. The van der Waals surface area contributed by atoms with Crippen molar-refractivity contribution in [3.05, 3.63) is 78.3 Å². The third-order valence-corrected chi connectivity index (χ3v) is 4.70. The SMILES string of the molecule is C=C(C)c1ccnc(-n2cc(C#N)c(-c3cccc(CCC(C)C)c3)c2)c1. The van der Waals surface area contributed by atoms with E-state index in [0.29, 0.717) is 11.5 Å². The predicted octanol–water partition coefficient (Wildman–Crippen LogP) is 6.03. The fraction of sp³-hybridized carbons (Fsp3) is 0.250. The van der Waals surface area contributed by atoms with E-state index in [9.17, 15) is 5.26 Å². The van der Waals surface area contributed by atoms with Gasteiger partial charge in [-0.05, 0) is 54.5 Å². The minimum absolute atomic E-state index is 0.651. The third kappa shape index (κ3) is 4.35. The van der Waals surface area contributed by atoms with Crippen molar-refractivity contribution in [2.45, 2.75) is 33.6 Å². The molecule has 0 N–H and O–H groups in total. The maximum atomic E-state index is 9.63. The quantitative estimate of drug-likeness (QED) is 0.541. The Kier molecular flexibility index (Phi) is 5.57. The van der Waals surface area contributed by atoms with E-state index in [1.165, 1.54) is 5.56 Å². The van der Waals surface area contributed by atoms with Crippen LogP contribution in [0.1, 0.15) is 43.9 Å². The van der Waals surface area contributed by atoms with Crippen LogP contribution in [0.3, 0.4) is 0 Å². The zero-order chi connectivity index (χ0) is 19.4. The van der Waals surface area contributed by atoms with E-state index >= 15 is 0 Å². The Morgan fingerprint density at radius 3 is 2.74 bits per heavy atom. The van der Waals surface area contributed by atoms with Gasteiger partial charge in [-0.2, -0.15) is 5.26 Å². The van der Waals surface area contributed by atoms with Gasteiger partial charge in [0.25, 0.3) is 0 Å². The lowest BCUT2D eigenvalue weighted by Crippen LogP contribution is -1.95. The predicted molar refractivity (Wildman–Crippen MR) is 112 cm³/mol. The zero-order valence-electron chi connectivity index (χ0n) is 16.2. The Morgan fingerprint density at radius 1 is 1.22 bits per heavy atom. The van der Waals surface area contributed by atoms with Gasteiger partial charge in [0, 0.05) is 24.2 Å². The maximum Gasteiger partial charge on any atom is 0.137 e. The molecule has 0 radical (unpaired) electrons. The Balaban J connectivity index is 1.98. The first-order valence-electron chi connectivity index (χ1n) is 9.31. The summed E-state index contributed by atoms with van der Waals surface area (Å²) in [5, 5.41) is 9.63. The van der Waals surface area contributed by atoms with Crippen LogP contribution < -0.4 is 0 Å². The monoisotopic (exact) mass is 355 g/mol. The molecule has 0 spiro atoms. The van der Waals surface area contributed by atoms with Crippen LogP contribution in [0.5, 0.6) is 0 Å². The van der Waals surface area contributed by atoms with Crippen molar-refractivity contribution < 1.29 is 0 Å². The molecule has 0 saturated carbocycles. The molecule has 27 heavy (non-hydrogen) atoms. The largest absolute Gasteiger partial charge is 0.307 e. The number of hydrogen-bond donors (Lipinski definition) is 0. The fourth-order valence-electron chi connectivity index (χ4n) is 3.08. The highest BCUT2D eigenvalue weighted by Gasteiger charge is 2.12. The molecule has 0 fully saturated rings. The van der Waals surface area contributed by atoms with Crippen molar-refractivity contribution in [3.63, 3.8) is 0 Å². The molecule has 0 aliphatic carbocycles. The molecule has 1 aromatic carbocycles. The van der Waals surface area contributed by atoms with Gasteiger partial charge in [0.2, 0.25) is 0 Å². The summed E-state index contributed by atoms with van der Waals surface area (Å²) in [7, 11) is 0. The molecule has 0 saturated heterocycles. The Hall–Kier alpha value is -3.12. The molecule has 3 aromatic rings. The first-order valence-corrected chi connectivity index (χ1v) is 9.31. The van der Waals surface area contributed by atoms with E-state index in [4.69, 9.17) is 0 Å². The average molecular weight is 355 g/mol. The number of nitrogens with zero attached hydrogens (tertiary/aromatic N) is 3. The second-order valence-electron chi connectivity index (χ2n) is 7.42. The highest BCUT2D eigenvalue weighted by molar-refractivity contribution is 5.71. The first-order chi connectivity index (χ1) is 13.0. The normalized spacial score (nSPS) is 10.8. The van der Waals surface area contributed by atoms with Gasteiger partial charge < -0.3 is 4.57 Å². The second-order valence-corrected chi connectivity index (χ2v) is 7.42. The first kappa shape index (κ1) is 18.7. The molecule has 2 aromatic heterocycles. The van der Waals surface area contributed by atoms with Crippen LogP contribution in [0.4, 0.5) is 0 Å². The smallest absolute Gasteiger partial charge is 0.137 e. The molecule has 0 aliphatic heterocycles. The molecule has 136 valence electrons. The molecule has 0 aliphatic rings. The molecule has 0 bridgehead atoms. The van der Waals surface area contributed by atoms with Gasteiger partial charge in [-0.3, -0.25) is 0 Å². The van der Waals surface area contributed by atoms with Crippen molar-refractivity contribution >= 4 is 5.57 Å². The third-order valence-electron chi connectivity index (χ3n) is 4.70. The van der Waals surface area contributed by atoms with E-state index in [-0.39, 0.29) is 0 Å². The summed E-state index contributed by atoms with van der Waals surface area (Å²) in [6, 6.07) is 14.8. The lowest BCUT2D eigenvalue weighted by atomic mass is 9.98. The van der Waals surface area contributed by atoms with Crippen LogP contribution in [0.15, 0.2) is 61.6 Å². The highest BCUT2D eigenvalue weighted by atomic mass is 15.0. The summed E-state index contributed by atoms with van der Waals surface area (Å²) in [4.78, 5) is 4.45. The Bertz CT molecular complexity index is 1000. The number of nitriles is 1. The topological polar surface area (TPSA) is 41.6 Å². The summed E-state index contributed by atoms with van der Waals surface area (Å²) in [6.45, 7) is 10.5. The number of pyridine rings is 1. The lowest BCUT2D eigenvalue weighted by molar-refractivity contribution is 0.587. The van der Waals surface area contributed by atoms with Crippen LogP contribution >= 0.6 is 0 Å². The lowest BCUT2D eigenvalue weighted by Gasteiger charge is -2.07. The van der Waals surface area contributed by atoms with Gasteiger partial charge in [0.15, 0.2) is 0 Å².